The van der Waals surface area contributed by atoms with Crippen molar-refractivity contribution in [3.63, 3.8) is 0 Å². The smallest absolute Gasteiger partial charge is 0.159 e. The first kappa shape index (κ1) is 15.8. The molecule has 0 spiro atoms. The molecule has 0 unspecified atom stereocenters. The summed E-state index contributed by atoms with van der Waals surface area (Å²) in [7, 11) is 0. The van der Waals surface area contributed by atoms with Gasteiger partial charge in [0.1, 0.15) is 5.82 Å². The summed E-state index contributed by atoms with van der Waals surface area (Å²) in [5.74, 6) is -0.463. The molecule has 1 aliphatic heterocycles. The highest BCUT2D eigenvalue weighted by molar-refractivity contribution is 6.30. The molecule has 0 bridgehead atoms. The van der Waals surface area contributed by atoms with E-state index >= 15 is 0 Å². The first-order chi connectivity index (χ1) is 11.0. The minimum absolute atomic E-state index is 0.124. The lowest BCUT2D eigenvalue weighted by molar-refractivity contribution is 0.101. The fourth-order valence-electron chi connectivity index (χ4n) is 2.86. The molecule has 0 radical (unpaired) electrons. The van der Waals surface area contributed by atoms with Crippen LogP contribution in [0.15, 0.2) is 42.5 Å². The van der Waals surface area contributed by atoms with Crippen LogP contribution in [0.25, 0.3) is 0 Å². The number of anilines is 2. The Bertz CT molecular complexity index is 727. The summed E-state index contributed by atoms with van der Waals surface area (Å²) in [4.78, 5) is 15.6. The number of hydrogen-bond acceptors (Lipinski definition) is 3. The average Bonchev–Trinajstić information content (AvgIpc) is 2.55. The van der Waals surface area contributed by atoms with E-state index in [1.807, 2.05) is 29.2 Å². The molecule has 1 fully saturated rings. The third kappa shape index (κ3) is 3.48. The maximum atomic E-state index is 14.2. The highest BCUT2D eigenvalue weighted by atomic mass is 35.5. The molecule has 1 heterocycles. The molecular weight excluding hydrogens is 315 g/mol. The summed E-state index contributed by atoms with van der Waals surface area (Å²) in [6, 6.07) is 12.5. The Hall–Kier alpha value is -2.07. The zero-order chi connectivity index (χ0) is 16.4. The van der Waals surface area contributed by atoms with Gasteiger partial charge in [0.15, 0.2) is 5.78 Å². The van der Waals surface area contributed by atoms with Gasteiger partial charge in [-0.2, -0.15) is 0 Å². The summed E-state index contributed by atoms with van der Waals surface area (Å²) in [6.45, 7) is 4.49. The number of piperazine rings is 1. The van der Waals surface area contributed by atoms with Crippen LogP contribution < -0.4 is 9.80 Å². The topological polar surface area (TPSA) is 23.6 Å². The summed E-state index contributed by atoms with van der Waals surface area (Å²) in [5, 5.41) is 0.718. The second-order valence-corrected chi connectivity index (χ2v) is 6.11. The molecule has 5 heteroatoms. The molecule has 0 aromatic heterocycles. The van der Waals surface area contributed by atoms with Crippen LogP contribution >= 0.6 is 11.6 Å². The number of rotatable bonds is 3. The summed E-state index contributed by atoms with van der Waals surface area (Å²) < 4.78 is 14.2. The fraction of sp³-hybridized carbons (Fsp3) is 0.278. The van der Waals surface area contributed by atoms with Gasteiger partial charge < -0.3 is 9.80 Å². The lowest BCUT2D eigenvalue weighted by Crippen LogP contribution is -2.46. The SMILES string of the molecule is CC(=O)c1ccc(N2CCN(c3cccc(Cl)c3)CC2)c(F)c1. The maximum absolute atomic E-state index is 14.2. The van der Waals surface area contributed by atoms with Gasteiger partial charge in [-0.15, -0.1) is 0 Å². The molecule has 2 aromatic carbocycles. The van der Waals surface area contributed by atoms with Gasteiger partial charge in [-0.05, 0) is 43.3 Å². The fourth-order valence-corrected chi connectivity index (χ4v) is 3.05. The van der Waals surface area contributed by atoms with Crippen molar-refractivity contribution in [1.29, 1.82) is 0 Å². The van der Waals surface area contributed by atoms with E-state index in [0.29, 0.717) is 11.3 Å². The predicted molar refractivity (Wildman–Crippen MR) is 92.3 cm³/mol. The van der Waals surface area contributed by atoms with E-state index in [-0.39, 0.29) is 11.6 Å². The number of ketones is 1. The van der Waals surface area contributed by atoms with E-state index in [0.717, 1.165) is 36.9 Å². The van der Waals surface area contributed by atoms with Gasteiger partial charge in [0.2, 0.25) is 0 Å². The quantitative estimate of drug-likeness (QED) is 0.793. The third-order valence-corrected chi connectivity index (χ3v) is 4.38. The number of carbonyl (C=O) groups is 1. The van der Waals surface area contributed by atoms with Crippen LogP contribution in [0.2, 0.25) is 5.02 Å². The van der Waals surface area contributed by atoms with Crippen molar-refractivity contribution >= 4 is 28.8 Å². The van der Waals surface area contributed by atoms with E-state index in [4.69, 9.17) is 11.6 Å². The van der Waals surface area contributed by atoms with Crippen molar-refractivity contribution in [2.45, 2.75) is 6.92 Å². The Morgan fingerprint density at radius 1 is 1.04 bits per heavy atom. The predicted octanol–water partition coefficient (Wildman–Crippen LogP) is 4.01. The van der Waals surface area contributed by atoms with E-state index < -0.39 is 0 Å². The first-order valence-electron chi connectivity index (χ1n) is 7.60. The van der Waals surface area contributed by atoms with Crippen LogP contribution in [0.5, 0.6) is 0 Å². The van der Waals surface area contributed by atoms with Crippen LogP contribution in [0.3, 0.4) is 0 Å². The summed E-state index contributed by atoms with van der Waals surface area (Å²) in [5.41, 5.74) is 2.05. The number of hydrogen-bond donors (Lipinski definition) is 0. The van der Waals surface area contributed by atoms with E-state index in [1.54, 1.807) is 12.1 Å². The number of carbonyl (C=O) groups excluding carboxylic acids is 1. The summed E-state index contributed by atoms with van der Waals surface area (Å²) >= 11 is 6.04. The second kappa shape index (κ2) is 6.59. The second-order valence-electron chi connectivity index (χ2n) is 5.68. The minimum Gasteiger partial charge on any atom is -0.368 e. The number of Topliss-reactive ketones (excluding diaryl/α,β-unsaturated/α-hetero) is 1. The Morgan fingerprint density at radius 3 is 2.35 bits per heavy atom. The molecule has 23 heavy (non-hydrogen) atoms. The van der Waals surface area contributed by atoms with Gasteiger partial charge in [-0.25, -0.2) is 4.39 Å². The zero-order valence-corrected chi connectivity index (χ0v) is 13.7. The van der Waals surface area contributed by atoms with Gasteiger partial charge in [-0.3, -0.25) is 4.79 Å². The Morgan fingerprint density at radius 2 is 1.74 bits per heavy atom. The Kier molecular flexibility index (Phi) is 4.53. The van der Waals surface area contributed by atoms with Crippen LogP contribution in [-0.4, -0.2) is 32.0 Å². The molecule has 0 aliphatic carbocycles. The highest BCUT2D eigenvalue weighted by Crippen LogP contribution is 2.25. The van der Waals surface area contributed by atoms with Crippen LogP contribution in [-0.2, 0) is 0 Å². The molecule has 120 valence electrons. The number of benzene rings is 2. The molecule has 3 rings (SSSR count). The largest absolute Gasteiger partial charge is 0.368 e. The molecule has 0 N–H and O–H groups in total. The van der Waals surface area contributed by atoms with Crippen LogP contribution in [0.4, 0.5) is 15.8 Å². The highest BCUT2D eigenvalue weighted by Gasteiger charge is 2.20. The van der Waals surface area contributed by atoms with Crippen molar-refractivity contribution in [1.82, 2.24) is 0 Å². The standard InChI is InChI=1S/C18H18ClFN2O/c1-13(23)14-5-6-18(17(20)11-14)22-9-7-21(8-10-22)16-4-2-3-15(19)12-16/h2-6,11-12H,7-10H2,1H3. The minimum atomic E-state index is -0.339. The lowest BCUT2D eigenvalue weighted by atomic mass is 10.1. The van der Waals surface area contributed by atoms with E-state index in [9.17, 15) is 9.18 Å². The van der Waals surface area contributed by atoms with Crippen molar-refractivity contribution in [2.24, 2.45) is 0 Å². The Labute approximate surface area is 140 Å². The molecule has 0 saturated carbocycles. The van der Waals surface area contributed by atoms with Gasteiger partial charge in [0.05, 0.1) is 5.69 Å². The molecule has 1 saturated heterocycles. The van der Waals surface area contributed by atoms with E-state index in [2.05, 4.69) is 4.90 Å². The van der Waals surface area contributed by atoms with Crippen LogP contribution in [0, 0.1) is 5.82 Å². The zero-order valence-electron chi connectivity index (χ0n) is 12.9. The molecule has 2 aromatic rings. The molecule has 0 amide bonds. The van der Waals surface area contributed by atoms with Gasteiger partial charge >= 0.3 is 0 Å². The molecular formula is C18H18ClFN2O. The molecule has 1 aliphatic rings. The summed E-state index contributed by atoms with van der Waals surface area (Å²) in [6.07, 6.45) is 0. The molecule has 0 atom stereocenters. The first-order valence-corrected chi connectivity index (χ1v) is 7.98. The normalized spacial score (nSPS) is 14.9. The Balaban J connectivity index is 1.70. The lowest BCUT2D eigenvalue weighted by Gasteiger charge is -2.37. The van der Waals surface area contributed by atoms with E-state index in [1.165, 1.54) is 13.0 Å². The average molecular weight is 333 g/mol. The molecule has 3 nitrogen and oxygen atoms in total. The maximum Gasteiger partial charge on any atom is 0.159 e. The van der Waals surface area contributed by atoms with Crippen LogP contribution in [0.1, 0.15) is 17.3 Å². The monoisotopic (exact) mass is 332 g/mol. The van der Waals surface area contributed by atoms with Crippen molar-refractivity contribution < 1.29 is 9.18 Å². The van der Waals surface area contributed by atoms with Crippen molar-refractivity contribution in [3.8, 4) is 0 Å². The van der Waals surface area contributed by atoms with Gasteiger partial charge in [-0.1, -0.05) is 17.7 Å². The van der Waals surface area contributed by atoms with Gasteiger partial charge in [0, 0.05) is 42.5 Å². The third-order valence-electron chi connectivity index (χ3n) is 4.15. The number of nitrogens with zero attached hydrogens (tertiary/aromatic N) is 2. The number of halogens is 2. The van der Waals surface area contributed by atoms with Gasteiger partial charge in [0.25, 0.3) is 0 Å². The van der Waals surface area contributed by atoms with Crippen molar-refractivity contribution in [2.75, 3.05) is 36.0 Å². The van der Waals surface area contributed by atoms with Crippen molar-refractivity contribution in [3.05, 3.63) is 58.9 Å².